The van der Waals surface area contributed by atoms with Crippen LogP contribution in [0.3, 0.4) is 0 Å². The van der Waals surface area contributed by atoms with Crippen molar-refractivity contribution in [1.82, 2.24) is 20.0 Å². The van der Waals surface area contributed by atoms with Gasteiger partial charge in [-0.2, -0.15) is 4.98 Å². The van der Waals surface area contributed by atoms with E-state index in [1.54, 1.807) is 0 Å². The first-order valence-corrected chi connectivity index (χ1v) is 10.1. The highest BCUT2D eigenvalue weighted by Crippen LogP contribution is 2.21. The molecule has 1 aliphatic rings. The molecule has 4 rings (SSSR count). The van der Waals surface area contributed by atoms with Gasteiger partial charge in [0.05, 0.1) is 5.56 Å². The molecule has 1 fully saturated rings. The van der Waals surface area contributed by atoms with E-state index in [1.165, 1.54) is 31.5 Å². The number of benzene rings is 1. The SMILES string of the molecule is CCCN1CCCN(c2ccc(-c3nc(Cc4ccccc4)no3)cn2)CC1. The summed E-state index contributed by atoms with van der Waals surface area (Å²) in [6, 6.07) is 14.3. The number of rotatable bonds is 6. The highest BCUT2D eigenvalue weighted by molar-refractivity contribution is 5.54. The van der Waals surface area contributed by atoms with Gasteiger partial charge in [0, 0.05) is 32.3 Å². The lowest BCUT2D eigenvalue weighted by Gasteiger charge is -2.22. The normalized spacial score (nSPS) is 15.5. The van der Waals surface area contributed by atoms with E-state index in [-0.39, 0.29) is 0 Å². The Kier molecular flexibility index (Phi) is 5.97. The third-order valence-corrected chi connectivity index (χ3v) is 5.12. The van der Waals surface area contributed by atoms with Crippen molar-refractivity contribution in [3.05, 3.63) is 60.0 Å². The fraction of sp³-hybridized carbons (Fsp3) is 0.409. The van der Waals surface area contributed by atoms with Crippen LogP contribution in [0.5, 0.6) is 0 Å². The molecular formula is C22H27N5O. The molecule has 28 heavy (non-hydrogen) atoms. The van der Waals surface area contributed by atoms with Crippen LogP contribution in [0.1, 0.15) is 31.2 Å². The molecule has 3 aromatic rings. The van der Waals surface area contributed by atoms with Crippen molar-refractivity contribution < 1.29 is 4.52 Å². The summed E-state index contributed by atoms with van der Waals surface area (Å²) >= 11 is 0. The number of nitrogens with zero attached hydrogens (tertiary/aromatic N) is 5. The van der Waals surface area contributed by atoms with E-state index in [1.807, 2.05) is 30.5 Å². The largest absolute Gasteiger partial charge is 0.355 e. The van der Waals surface area contributed by atoms with Crippen molar-refractivity contribution >= 4 is 5.82 Å². The molecule has 0 bridgehead atoms. The highest BCUT2D eigenvalue weighted by atomic mass is 16.5. The second-order valence-electron chi connectivity index (χ2n) is 7.27. The van der Waals surface area contributed by atoms with Crippen LogP contribution in [0.25, 0.3) is 11.5 Å². The first kappa shape index (κ1) is 18.6. The number of anilines is 1. The monoisotopic (exact) mass is 377 g/mol. The van der Waals surface area contributed by atoms with Gasteiger partial charge in [0.1, 0.15) is 5.82 Å². The minimum atomic E-state index is 0.523. The molecule has 1 saturated heterocycles. The van der Waals surface area contributed by atoms with Gasteiger partial charge >= 0.3 is 0 Å². The fourth-order valence-electron chi connectivity index (χ4n) is 3.66. The van der Waals surface area contributed by atoms with Crippen molar-refractivity contribution in [2.75, 3.05) is 37.6 Å². The van der Waals surface area contributed by atoms with E-state index in [0.717, 1.165) is 31.0 Å². The maximum Gasteiger partial charge on any atom is 0.259 e. The molecule has 0 unspecified atom stereocenters. The Labute approximate surface area is 166 Å². The Morgan fingerprint density at radius 2 is 1.89 bits per heavy atom. The zero-order valence-corrected chi connectivity index (χ0v) is 16.4. The Morgan fingerprint density at radius 1 is 1.00 bits per heavy atom. The van der Waals surface area contributed by atoms with E-state index >= 15 is 0 Å². The van der Waals surface area contributed by atoms with Crippen LogP contribution >= 0.6 is 0 Å². The topological polar surface area (TPSA) is 58.3 Å². The van der Waals surface area contributed by atoms with Gasteiger partial charge in [-0.1, -0.05) is 42.4 Å². The van der Waals surface area contributed by atoms with Gasteiger partial charge in [-0.25, -0.2) is 4.98 Å². The van der Waals surface area contributed by atoms with E-state index in [2.05, 4.69) is 50.0 Å². The standard InChI is InChI=1S/C22H27N5O/c1-2-11-26-12-6-13-27(15-14-26)21-10-9-19(17-23-21)22-24-20(25-28-22)16-18-7-4-3-5-8-18/h3-5,7-10,17H,2,6,11-16H2,1H3. The third-order valence-electron chi connectivity index (χ3n) is 5.12. The van der Waals surface area contributed by atoms with Gasteiger partial charge < -0.3 is 14.3 Å². The van der Waals surface area contributed by atoms with E-state index < -0.39 is 0 Å². The zero-order valence-electron chi connectivity index (χ0n) is 16.4. The minimum absolute atomic E-state index is 0.523. The second-order valence-corrected chi connectivity index (χ2v) is 7.27. The lowest BCUT2D eigenvalue weighted by molar-refractivity contribution is 0.294. The molecule has 0 amide bonds. The molecular weight excluding hydrogens is 350 g/mol. The van der Waals surface area contributed by atoms with Crippen LogP contribution in [0.2, 0.25) is 0 Å². The second kappa shape index (κ2) is 8.97. The molecule has 6 nitrogen and oxygen atoms in total. The van der Waals surface area contributed by atoms with Gasteiger partial charge in [-0.15, -0.1) is 0 Å². The first-order chi connectivity index (χ1) is 13.8. The van der Waals surface area contributed by atoms with Gasteiger partial charge in [0.15, 0.2) is 5.82 Å². The third kappa shape index (κ3) is 4.57. The molecule has 0 radical (unpaired) electrons. The van der Waals surface area contributed by atoms with Crippen LogP contribution < -0.4 is 4.90 Å². The van der Waals surface area contributed by atoms with Crippen LogP contribution in [-0.4, -0.2) is 52.7 Å². The van der Waals surface area contributed by atoms with Gasteiger partial charge in [-0.3, -0.25) is 0 Å². The maximum atomic E-state index is 5.45. The van der Waals surface area contributed by atoms with Crippen LogP contribution in [0.4, 0.5) is 5.82 Å². The Morgan fingerprint density at radius 3 is 2.68 bits per heavy atom. The predicted octanol–water partition coefficient (Wildman–Crippen LogP) is 3.64. The average molecular weight is 377 g/mol. The number of aromatic nitrogens is 3. The minimum Gasteiger partial charge on any atom is -0.355 e. The number of hydrogen-bond donors (Lipinski definition) is 0. The van der Waals surface area contributed by atoms with Gasteiger partial charge in [0.2, 0.25) is 0 Å². The average Bonchev–Trinajstić information content (AvgIpc) is 3.07. The molecule has 0 saturated carbocycles. The summed E-state index contributed by atoms with van der Waals surface area (Å²) in [6.07, 6.45) is 4.89. The lowest BCUT2D eigenvalue weighted by atomic mass is 10.1. The van der Waals surface area contributed by atoms with Crippen molar-refractivity contribution in [3.8, 4) is 11.5 Å². The maximum absolute atomic E-state index is 5.45. The molecule has 0 N–H and O–H groups in total. The van der Waals surface area contributed by atoms with Gasteiger partial charge in [0.25, 0.3) is 5.89 Å². The van der Waals surface area contributed by atoms with Gasteiger partial charge in [-0.05, 0) is 43.6 Å². The molecule has 2 aromatic heterocycles. The summed E-state index contributed by atoms with van der Waals surface area (Å²) < 4.78 is 5.45. The molecule has 3 heterocycles. The number of pyridine rings is 1. The van der Waals surface area contributed by atoms with E-state index in [9.17, 15) is 0 Å². The summed E-state index contributed by atoms with van der Waals surface area (Å²) in [6.45, 7) is 7.77. The molecule has 0 spiro atoms. The molecule has 0 aliphatic carbocycles. The Balaban J connectivity index is 1.41. The lowest BCUT2D eigenvalue weighted by Crippen LogP contribution is -2.31. The molecule has 1 aliphatic heterocycles. The van der Waals surface area contributed by atoms with Crippen LogP contribution in [-0.2, 0) is 6.42 Å². The summed E-state index contributed by atoms with van der Waals surface area (Å²) in [5.41, 5.74) is 2.03. The molecule has 6 heteroatoms. The Hall–Kier alpha value is -2.73. The molecule has 1 aromatic carbocycles. The Bertz CT molecular complexity index is 862. The van der Waals surface area contributed by atoms with Crippen molar-refractivity contribution in [3.63, 3.8) is 0 Å². The molecule has 146 valence electrons. The zero-order chi connectivity index (χ0) is 19.2. The summed E-state index contributed by atoms with van der Waals surface area (Å²) in [5, 5.41) is 4.11. The van der Waals surface area contributed by atoms with Crippen molar-refractivity contribution in [2.24, 2.45) is 0 Å². The van der Waals surface area contributed by atoms with Crippen LogP contribution in [0, 0.1) is 0 Å². The summed E-state index contributed by atoms with van der Waals surface area (Å²) in [4.78, 5) is 14.1. The fourth-order valence-corrected chi connectivity index (χ4v) is 3.66. The van der Waals surface area contributed by atoms with Crippen LogP contribution in [0.15, 0.2) is 53.2 Å². The van der Waals surface area contributed by atoms with E-state index in [4.69, 9.17) is 4.52 Å². The highest BCUT2D eigenvalue weighted by Gasteiger charge is 2.16. The molecule has 0 atom stereocenters. The van der Waals surface area contributed by atoms with Crippen molar-refractivity contribution in [2.45, 2.75) is 26.2 Å². The smallest absolute Gasteiger partial charge is 0.259 e. The predicted molar refractivity (Wildman–Crippen MR) is 110 cm³/mol. The summed E-state index contributed by atoms with van der Waals surface area (Å²) in [7, 11) is 0. The first-order valence-electron chi connectivity index (χ1n) is 10.1. The van der Waals surface area contributed by atoms with E-state index in [0.29, 0.717) is 18.1 Å². The summed E-state index contributed by atoms with van der Waals surface area (Å²) in [5.74, 6) is 2.23. The van der Waals surface area contributed by atoms with Crippen molar-refractivity contribution in [1.29, 1.82) is 0 Å². The quantitative estimate of drug-likeness (QED) is 0.654. The number of hydrogen-bond acceptors (Lipinski definition) is 6.